The van der Waals surface area contributed by atoms with Crippen LogP contribution in [-0.4, -0.2) is 10.9 Å². The lowest BCUT2D eigenvalue weighted by Crippen LogP contribution is -1.96. The summed E-state index contributed by atoms with van der Waals surface area (Å²) in [5.41, 5.74) is 3.79. The molecule has 0 fully saturated rings. The first-order valence-corrected chi connectivity index (χ1v) is 8.98. The van der Waals surface area contributed by atoms with Gasteiger partial charge in [0.25, 0.3) is 5.69 Å². The molecule has 1 aliphatic heterocycles. The van der Waals surface area contributed by atoms with Crippen LogP contribution >= 0.6 is 0 Å². The van der Waals surface area contributed by atoms with Gasteiger partial charge < -0.3 is 9.15 Å². The second kappa shape index (κ2) is 7.24. The van der Waals surface area contributed by atoms with Crippen LogP contribution in [-0.2, 0) is 9.53 Å². The summed E-state index contributed by atoms with van der Waals surface area (Å²) in [5.74, 6) is 0.985. The van der Waals surface area contributed by atoms with Crippen LogP contribution in [0, 0.1) is 24.0 Å². The van der Waals surface area contributed by atoms with Crippen LogP contribution in [0.15, 0.2) is 70.7 Å². The van der Waals surface area contributed by atoms with Gasteiger partial charge >= 0.3 is 5.97 Å². The summed E-state index contributed by atoms with van der Waals surface area (Å²) in [6, 6.07) is 15.7. The highest BCUT2D eigenvalue weighted by Gasteiger charge is 2.22. The van der Waals surface area contributed by atoms with E-state index in [1.807, 2.05) is 38.1 Å². The molecule has 1 aromatic heterocycles. The van der Waals surface area contributed by atoms with E-state index < -0.39 is 10.9 Å². The smallest absolute Gasteiger partial charge is 0.343 e. The number of carbonyl (C=O) groups is 1. The van der Waals surface area contributed by atoms with Crippen LogP contribution in [0.1, 0.15) is 22.5 Å². The van der Waals surface area contributed by atoms with Crippen molar-refractivity contribution >= 4 is 23.5 Å². The predicted molar refractivity (Wildman–Crippen MR) is 109 cm³/mol. The molecule has 0 aliphatic carbocycles. The monoisotopic (exact) mass is 387 g/mol. The number of nitro benzene ring substituents is 1. The van der Waals surface area contributed by atoms with E-state index in [0.717, 1.165) is 16.7 Å². The van der Waals surface area contributed by atoms with Gasteiger partial charge in [-0.1, -0.05) is 35.9 Å². The Morgan fingerprint density at radius 3 is 2.48 bits per heavy atom. The van der Waals surface area contributed by atoms with Crippen LogP contribution in [0.4, 0.5) is 5.69 Å². The number of ether oxygens (including phenoxy) is 1. The second-order valence-electron chi connectivity index (χ2n) is 6.82. The minimum atomic E-state index is -0.454. The first-order chi connectivity index (χ1) is 13.9. The van der Waals surface area contributed by atoms with E-state index in [-0.39, 0.29) is 5.69 Å². The Labute approximate surface area is 166 Å². The zero-order valence-electron chi connectivity index (χ0n) is 15.8. The van der Waals surface area contributed by atoms with Crippen molar-refractivity contribution in [1.29, 1.82) is 0 Å². The van der Waals surface area contributed by atoms with Crippen LogP contribution in [0.3, 0.4) is 0 Å². The van der Waals surface area contributed by atoms with Gasteiger partial charge in [-0.05, 0) is 43.7 Å². The lowest BCUT2D eigenvalue weighted by Gasteiger charge is -2.02. The molecule has 3 aromatic rings. The number of aryl methyl sites for hydroxylation is 2. The van der Waals surface area contributed by atoms with E-state index in [9.17, 15) is 14.9 Å². The Morgan fingerprint density at radius 1 is 1.00 bits per heavy atom. The van der Waals surface area contributed by atoms with Crippen molar-refractivity contribution in [1.82, 2.24) is 0 Å². The Bertz CT molecular complexity index is 1180. The lowest BCUT2D eigenvalue weighted by molar-refractivity contribution is -0.384. The van der Waals surface area contributed by atoms with Gasteiger partial charge in [0.2, 0.25) is 0 Å². The molecule has 4 rings (SSSR count). The average Bonchev–Trinajstić information content (AvgIpc) is 3.30. The summed E-state index contributed by atoms with van der Waals surface area (Å²) >= 11 is 0. The SMILES string of the molecule is Cc1ccc(C2=C/C(=C\c3ccc(-c4cc([N+](=O)[O-])ccc4C)o3)C(=O)O2)cc1. The van der Waals surface area contributed by atoms with Gasteiger partial charge in [0.15, 0.2) is 0 Å². The third kappa shape index (κ3) is 3.73. The third-order valence-corrected chi connectivity index (χ3v) is 4.68. The molecule has 0 N–H and O–H groups in total. The fraction of sp³-hybridized carbons (Fsp3) is 0.0870. The third-order valence-electron chi connectivity index (χ3n) is 4.68. The molecular formula is C23H17NO5. The molecule has 2 heterocycles. The fourth-order valence-corrected chi connectivity index (χ4v) is 3.07. The van der Waals surface area contributed by atoms with Crippen molar-refractivity contribution in [3.63, 3.8) is 0 Å². The Hall–Kier alpha value is -3.93. The molecule has 1 aliphatic rings. The number of non-ortho nitro benzene ring substituents is 1. The number of furan rings is 1. The molecule has 2 aromatic carbocycles. The summed E-state index contributed by atoms with van der Waals surface area (Å²) < 4.78 is 11.2. The largest absolute Gasteiger partial charge is 0.457 e. The Morgan fingerprint density at radius 2 is 1.76 bits per heavy atom. The van der Waals surface area contributed by atoms with Gasteiger partial charge in [0.05, 0.1) is 10.5 Å². The molecule has 29 heavy (non-hydrogen) atoms. The summed E-state index contributed by atoms with van der Waals surface area (Å²) in [4.78, 5) is 22.8. The van der Waals surface area contributed by atoms with Gasteiger partial charge in [-0.15, -0.1) is 0 Å². The minimum absolute atomic E-state index is 0.00746. The summed E-state index contributed by atoms with van der Waals surface area (Å²) in [5, 5.41) is 11.0. The molecule has 6 nitrogen and oxygen atoms in total. The van der Waals surface area contributed by atoms with Gasteiger partial charge in [0, 0.05) is 23.3 Å². The van der Waals surface area contributed by atoms with Crippen molar-refractivity contribution in [2.75, 3.05) is 0 Å². The molecule has 0 spiro atoms. The highest BCUT2D eigenvalue weighted by atomic mass is 16.6. The molecule has 0 saturated heterocycles. The summed E-state index contributed by atoms with van der Waals surface area (Å²) in [6.07, 6.45) is 3.27. The van der Waals surface area contributed by atoms with Crippen molar-refractivity contribution in [3.05, 3.63) is 98.8 Å². The zero-order valence-corrected chi connectivity index (χ0v) is 15.8. The molecule has 0 bridgehead atoms. The van der Waals surface area contributed by atoms with Crippen LogP contribution in [0.25, 0.3) is 23.2 Å². The van der Waals surface area contributed by atoms with Gasteiger partial charge in [-0.25, -0.2) is 4.79 Å². The number of nitrogens with zero attached hydrogens (tertiary/aromatic N) is 1. The summed E-state index contributed by atoms with van der Waals surface area (Å²) in [6.45, 7) is 3.84. The molecule has 0 amide bonds. The van der Waals surface area contributed by atoms with E-state index in [1.165, 1.54) is 12.1 Å². The van der Waals surface area contributed by atoms with Crippen molar-refractivity contribution < 1.29 is 18.9 Å². The molecular weight excluding hydrogens is 370 g/mol. The fourth-order valence-electron chi connectivity index (χ4n) is 3.07. The van der Waals surface area contributed by atoms with Crippen molar-refractivity contribution in [2.24, 2.45) is 0 Å². The van der Waals surface area contributed by atoms with E-state index in [2.05, 4.69) is 0 Å². The molecule has 6 heteroatoms. The zero-order chi connectivity index (χ0) is 20.5. The van der Waals surface area contributed by atoms with E-state index in [0.29, 0.717) is 28.4 Å². The van der Waals surface area contributed by atoms with Crippen LogP contribution < -0.4 is 0 Å². The summed E-state index contributed by atoms with van der Waals surface area (Å²) in [7, 11) is 0. The number of rotatable bonds is 4. The van der Waals surface area contributed by atoms with E-state index in [4.69, 9.17) is 9.15 Å². The van der Waals surface area contributed by atoms with Gasteiger partial charge in [-0.3, -0.25) is 10.1 Å². The maximum absolute atomic E-state index is 12.2. The standard InChI is InChI=1S/C23H17NO5/c1-14-3-6-16(7-4-14)22-12-17(23(25)29-22)11-19-9-10-21(28-19)20-13-18(24(26)27)8-5-15(20)2/h3-13H,1-2H3/b17-11+. The number of hydrogen-bond donors (Lipinski definition) is 0. The quantitative estimate of drug-likeness (QED) is 0.257. The number of nitro groups is 1. The first kappa shape index (κ1) is 18.4. The van der Waals surface area contributed by atoms with E-state index >= 15 is 0 Å². The maximum Gasteiger partial charge on any atom is 0.343 e. The number of hydrogen-bond acceptors (Lipinski definition) is 5. The Balaban J connectivity index is 1.64. The molecule has 0 atom stereocenters. The Kier molecular flexibility index (Phi) is 4.60. The van der Waals surface area contributed by atoms with Crippen molar-refractivity contribution in [2.45, 2.75) is 13.8 Å². The normalized spacial score (nSPS) is 14.8. The number of carbonyl (C=O) groups excluding carboxylic acids is 1. The number of cyclic esters (lactones) is 1. The first-order valence-electron chi connectivity index (χ1n) is 8.98. The molecule has 0 saturated carbocycles. The van der Waals surface area contributed by atoms with Gasteiger partial charge in [-0.2, -0.15) is 0 Å². The number of esters is 1. The molecule has 144 valence electrons. The van der Waals surface area contributed by atoms with Crippen LogP contribution in [0.5, 0.6) is 0 Å². The average molecular weight is 387 g/mol. The number of benzene rings is 2. The van der Waals surface area contributed by atoms with Gasteiger partial charge in [0.1, 0.15) is 17.3 Å². The molecule has 0 radical (unpaired) electrons. The van der Waals surface area contributed by atoms with Crippen LogP contribution in [0.2, 0.25) is 0 Å². The van der Waals surface area contributed by atoms with Crippen molar-refractivity contribution in [3.8, 4) is 11.3 Å². The minimum Gasteiger partial charge on any atom is -0.457 e. The predicted octanol–water partition coefficient (Wildman–Crippen LogP) is 5.45. The van der Waals surface area contributed by atoms with E-state index in [1.54, 1.807) is 30.4 Å². The highest BCUT2D eigenvalue weighted by molar-refractivity contribution is 6.04. The molecule has 0 unspecified atom stereocenters. The topological polar surface area (TPSA) is 82.6 Å². The lowest BCUT2D eigenvalue weighted by atomic mass is 10.1. The highest BCUT2D eigenvalue weighted by Crippen LogP contribution is 2.31. The second-order valence-corrected chi connectivity index (χ2v) is 6.82. The maximum atomic E-state index is 12.2.